The highest BCUT2D eigenvalue weighted by Gasteiger charge is 2.24. The van der Waals surface area contributed by atoms with Gasteiger partial charge in [0.1, 0.15) is 23.6 Å². The van der Waals surface area contributed by atoms with E-state index in [1.54, 1.807) is 18.5 Å². The van der Waals surface area contributed by atoms with Gasteiger partial charge in [0.15, 0.2) is 5.78 Å². The van der Waals surface area contributed by atoms with E-state index in [2.05, 4.69) is 25.2 Å². The Labute approximate surface area is 176 Å². The fourth-order valence-electron chi connectivity index (χ4n) is 3.74. The van der Waals surface area contributed by atoms with E-state index in [4.69, 9.17) is 0 Å². The summed E-state index contributed by atoms with van der Waals surface area (Å²) in [6.45, 7) is 2.01. The van der Waals surface area contributed by atoms with Crippen LogP contribution in [0.5, 0.6) is 0 Å². The first-order valence-electron chi connectivity index (χ1n) is 9.34. The second-order valence-electron chi connectivity index (χ2n) is 7.12. The molecule has 0 bridgehead atoms. The van der Waals surface area contributed by atoms with Crippen LogP contribution in [-0.4, -0.2) is 40.4 Å². The van der Waals surface area contributed by atoms with E-state index < -0.39 is 0 Å². The molecular formula is C20H21FIN5O. The number of nitrogens with zero attached hydrogens (tertiary/aromatic N) is 3. The Balaban J connectivity index is 1.35. The average molecular weight is 493 g/mol. The molecule has 0 amide bonds. The summed E-state index contributed by atoms with van der Waals surface area (Å²) in [7, 11) is 0. The van der Waals surface area contributed by atoms with Crippen LogP contribution in [-0.2, 0) is 4.79 Å². The summed E-state index contributed by atoms with van der Waals surface area (Å²) in [4.78, 5) is 26.6. The summed E-state index contributed by atoms with van der Waals surface area (Å²) < 4.78 is 13.9. The Morgan fingerprint density at radius 1 is 1.36 bits per heavy atom. The second kappa shape index (κ2) is 8.42. The summed E-state index contributed by atoms with van der Waals surface area (Å²) in [5, 5.41) is 4.12. The zero-order chi connectivity index (χ0) is 19.5. The number of halogens is 2. The fraction of sp³-hybridized carbons (Fsp3) is 0.350. The molecule has 8 heteroatoms. The molecule has 1 aromatic carbocycles. The van der Waals surface area contributed by atoms with E-state index in [-0.39, 0.29) is 18.1 Å². The number of aromatic amines is 1. The summed E-state index contributed by atoms with van der Waals surface area (Å²) in [6.07, 6.45) is 6.06. The Hall–Kier alpha value is -2.23. The van der Waals surface area contributed by atoms with Crippen LogP contribution in [0.15, 0.2) is 36.8 Å². The number of fused-ring (bicyclic) bond motifs is 1. The van der Waals surface area contributed by atoms with Crippen molar-refractivity contribution >= 4 is 50.9 Å². The van der Waals surface area contributed by atoms with Gasteiger partial charge in [0.2, 0.25) is 0 Å². The number of H-pyrrole nitrogens is 1. The SMILES string of the molecule is O=C(CNc1ccc(F)c(I)c1)C[C@@H]1CCCN(c2ncnc3[nH]ccc23)C1. The van der Waals surface area contributed by atoms with Crippen molar-refractivity contribution in [3.63, 3.8) is 0 Å². The summed E-state index contributed by atoms with van der Waals surface area (Å²) in [6, 6.07) is 6.78. The zero-order valence-corrected chi connectivity index (χ0v) is 17.4. The lowest BCUT2D eigenvalue weighted by molar-refractivity contribution is -0.118. The number of nitrogens with one attached hydrogen (secondary N) is 2. The summed E-state index contributed by atoms with van der Waals surface area (Å²) in [5.41, 5.74) is 1.60. The molecular weight excluding hydrogens is 472 g/mol. The minimum absolute atomic E-state index is 0.167. The number of carbonyl (C=O) groups is 1. The molecule has 4 rings (SSSR count). The normalized spacial score (nSPS) is 17.1. The predicted octanol–water partition coefficient (Wildman–Crippen LogP) is 3.99. The van der Waals surface area contributed by atoms with Gasteiger partial charge in [-0.05, 0) is 65.6 Å². The van der Waals surface area contributed by atoms with Crippen LogP contribution < -0.4 is 10.2 Å². The first kappa shape index (κ1) is 19.1. The van der Waals surface area contributed by atoms with E-state index in [0.717, 1.165) is 48.5 Å². The fourth-order valence-corrected chi connectivity index (χ4v) is 4.25. The first-order chi connectivity index (χ1) is 13.6. The van der Waals surface area contributed by atoms with Crippen molar-refractivity contribution in [3.05, 3.63) is 46.2 Å². The molecule has 6 nitrogen and oxygen atoms in total. The molecule has 0 spiro atoms. The van der Waals surface area contributed by atoms with E-state index >= 15 is 0 Å². The van der Waals surface area contributed by atoms with Gasteiger partial charge in [-0.15, -0.1) is 0 Å². The van der Waals surface area contributed by atoms with Crippen molar-refractivity contribution in [1.82, 2.24) is 15.0 Å². The van der Waals surface area contributed by atoms with Crippen LogP contribution in [0, 0.1) is 15.3 Å². The number of aromatic nitrogens is 3. The topological polar surface area (TPSA) is 73.9 Å². The molecule has 0 radical (unpaired) electrons. The lowest BCUT2D eigenvalue weighted by atomic mass is 9.92. The highest BCUT2D eigenvalue weighted by molar-refractivity contribution is 14.1. The maximum absolute atomic E-state index is 13.3. The monoisotopic (exact) mass is 493 g/mol. The number of hydrogen-bond donors (Lipinski definition) is 2. The molecule has 2 aromatic heterocycles. The molecule has 2 N–H and O–H groups in total. The molecule has 1 atom stereocenters. The van der Waals surface area contributed by atoms with E-state index in [1.807, 2.05) is 34.9 Å². The molecule has 1 fully saturated rings. The van der Waals surface area contributed by atoms with Crippen molar-refractivity contribution < 1.29 is 9.18 Å². The van der Waals surface area contributed by atoms with Gasteiger partial charge in [-0.25, -0.2) is 14.4 Å². The van der Waals surface area contributed by atoms with Crippen molar-refractivity contribution in [2.24, 2.45) is 5.92 Å². The van der Waals surface area contributed by atoms with Crippen LogP contribution in [0.1, 0.15) is 19.3 Å². The Morgan fingerprint density at radius 2 is 2.25 bits per heavy atom. The van der Waals surface area contributed by atoms with E-state index in [1.165, 1.54) is 6.07 Å². The Bertz CT molecular complexity index is 992. The quantitative estimate of drug-likeness (QED) is 0.509. The molecule has 28 heavy (non-hydrogen) atoms. The smallest absolute Gasteiger partial charge is 0.152 e. The van der Waals surface area contributed by atoms with Crippen LogP contribution in [0.4, 0.5) is 15.9 Å². The molecule has 0 saturated carbocycles. The summed E-state index contributed by atoms with van der Waals surface area (Å²) >= 11 is 1.95. The molecule has 0 aliphatic carbocycles. The number of benzene rings is 1. The van der Waals surface area contributed by atoms with Crippen molar-refractivity contribution in [3.8, 4) is 0 Å². The molecule has 0 unspecified atom stereocenters. The third-order valence-corrected chi connectivity index (χ3v) is 5.90. The van der Waals surface area contributed by atoms with Gasteiger partial charge in [0.25, 0.3) is 0 Å². The van der Waals surface area contributed by atoms with Crippen molar-refractivity contribution in [2.45, 2.75) is 19.3 Å². The molecule has 3 aromatic rings. The zero-order valence-electron chi connectivity index (χ0n) is 15.3. The lowest BCUT2D eigenvalue weighted by Crippen LogP contribution is -2.37. The van der Waals surface area contributed by atoms with Gasteiger partial charge in [0, 0.05) is 31.4 Å². The number of carbonyl (C=O) groups excluding carboxylic acids is 1. The molecule has 1 aliphatic heterocycles. The molecule has 3 heterocycles. The number of piperidine rings is 1. The number of ketones is 1. The van der Waals surface area contributed by atoms with Crippen LogP contribution in [0.3, 0.4) is 0 Å². The average Bonchev–Trinajstić information content (AvgIpc) is 3.18. The number of hydrogen-bond acceptors (Lipinski definition) is 5. The van der Waals surface area contributed by atoms with E-state index in [0.29, 0.717) is 15.9 Å². The van der Waals surface area contributed by atoms with Gasteiger partial charge in [0.05, 0.1) is 15.5 Å². The van der Waals surface area contributed by atoms with Gasteiger partial charge in [-0.2, -0.15) is 0 Å². The molecule has 146 valence electrons. The lowest BCUT2D eigenvalue weighted by Gasteiger charge is -2.33. The maximum Gasteiger partial charge on any atom is 0.152 e. The number of anilines is 2. The molecule has 1 saturated heterocycles. The number of rotatable bonds is 6. The largest absolute Gasteiger partial charge is 0.378 e. The Morgan fingerprint density at radius 3 is 3.11 bits per heavy atom. The second-order valence-corrected chi connectivity index (χ2v) is 8.28. The van der Waals surface area contributed by atoms with Gasteiger partial charge in [-0.1, -0.05) is 0 Å². The Kier molecular flexibility index (Phi) is 5.74. The third-order valence-electron chi connectivity index (χ3n) is 5.08. The molecule has 1 aliphatic rings. The maximum atomic E-state index is 13.3. The third kappa shape index (κ3) is 4.26. The van der Waals surface area contributed by atoms with Gasteiger partial charge < -0.3 is 15.2 Å². The van der Waals surface area contributed by atoms with Crippen molar-refractivity contribution in [2.75, 3.05) is 29.9 Å². The van der Waals surface area contributed by atoms with E-state index in [9.17, 15) is 9.18 Å². The minimum atomic E-state index is -0.249. The van der Waals surface area contributed by atoms with Crippen molar-refractivity contribution in [1.29, 1.82) is 0 Å². The summed E-state index contributed by atoms with van der Waals surface area (Å²) in [5.74, 6) is 1.16. The van der Waals surface area contributed by atoms with Crippen LogP contribution in [0.2, 0.25) is 0 Å². The highest BCUT2D eigenvalue weighted by Crippen LogP contribution is 2.28. The van der Waals surface area contributed by atoms with Gasteiger partial charge >= 0.3 is 0 Å². The first-order valence-corrected chi connectivity index (χ1v) is 10.4. The standard InChI is InChI=1S/C20H21FIN5O/c21-17-4-3-14(9-18(17)22)24-10-15(28)8-13-2-1-7-27(11-13)20-16-5-6-23-19(16)25-12-26-20/h3-6,9,12-13,24H,1-2,7-8,10-11H2,(H,23,25,26)/t13-/m0/s1. The minimum Gasteiger partial charge on any atom is -0.378 e. The van der Waals surface area contributed by atoms with Gasteiger partial charge in [-0.3, -0.25) is 4.79 Å². The number of Topliss-reactive ketones (excluding diaryl/α,β-unsaturated/α-hetero) is 1. The van der Waals surface area contributed by atoms with Crippen LogP contribution >= 0.6 is 22.6 Å². The highest BCUT2D eigenvalue weighted by atomic mass is 127. The predicted molar refractivity (Wildman–Crippen MR) is 116 cm³/mol. The van der Waals surface area contributed by atoms with Crippen LogP contribution in [0.25, 0.3) is 11.0 Å².